The molecule has 0 rings (SSSR count). The Morgan fingerprint density at radius 1 is 1.50 bits per heavy atom. The molecule has 0 aromatic rings. The molecular weight excluding hydrogens is 141 g/mol. The zero-order valence-electron chi connectivity index (χ0n) is 5.67. The molecule has 4 nitrogen and oxygen atoms in total. The largest absolute Gasteiger partial charge is 0.479 e. The van der Waals surface area contributed by atoms with E-state index in [2.05, 4.69) is 0 Å². The molecule has 1 atom stereocenters. The summed E-state index contributed by atoms with van der Waals surface area (Å²) in [7, 11) is 2.58. The van der Waals surface area contributed by atoms with Crippen molar-refractivity contribution in [3.05, 3.63) is 0 Å². The van der Waals surface area contributed by atoms with Gasteiger partial charge >= 0.3 is 5.97 Å². The molecule has 0 radical (unpaired) electrons. The number of carbonyl (C=O) groups is 2. The number of nitrogens with zero attached hydrogens (tertiary/aromatic N) is 1. The highest BCUT2D eigenvalue weighted by atomic mass is 19.1. The summed E-state index contributed by atoms with van der Waals surface area (Å²) < 4.78 is 12.2. The molecule has 0 saturated heterocycles. The Kier molecular flexibility index (Phi) is 2.79. The maximum absolute atomic E-state index is 12.2. The standard InChI is InChI=1S/C5H8FNO3/c1-7(2)4(8)3(6)5(9)10/h3H,1-2H3,(H,9,10). The summed E-state index contributed by atoms with van der Waals surface area (Å²) in [6.45, 7) is 0. The predicted octanol–water partition coefficient (Wildman–Crippen LogP) is -0.503. The maximum atomic E-state index is 12.2. The number of hydrogen-bond donors (Lipinski definition) is 1. The van der Waals surface area contributed by atoms with E-state index in [-0.39, 0.29) is 0 Å². The number of aliphatic carboxylic acids is 1. The lowest BCUT2D eigenvalue weighted by atomic mass is 10.3. The molecule has 0 aliphatic rings. The first kappa shape index (κ1) is 8.87. The molecule has 0 fully saturated rings. The minimum Gasteiger partial charge on any atom is -0.479 e. The van der Waals surface area contributed by atoms with Crippen molar-refractivity contribution in [2.75, 3.05) is 14.1 Å². The zero-order chi connectivity index (χ0) is 8.31. The highest BCUT2D eigenvalue weighted by Gasteiger charge is 2.26. The van der Waals surface area contributed by atoms with E-state index in [9.17, 15) is 14.0 Å². The lowest BCUT2D eigenvalue weighted by Gasteiger charge is -2.09. The number of carboxylic acids is 1. The summed E-state index contributed by atoms with van der Waals surface area (Å²) in [5, 5.41) is 7.98. The fourth-order valence-corrected chi connectivity index (χ4v) is 0.332. The first-order chi connectivity index (χ1) is 4.46. The molecule has 0 bridgehead atoms. The van der Waals surface area contributed by atoms with E-state index >= 15 is 0 Å². The Labute approximate surface area is 57.2 Å². The van der Waals surface area contributed by atoms with Crippen molar-refractivity contribution in [1.29, 1.82) is 0 Å². The van der Waals surface area contributed by atoms with Gasteiger partial charge in [0.15, 0.2) is 0 Å². The second-order valence-corrected chi connectivity index (χ2v) is 1.93. The van der Waals surface area contributed by atoms with E-state index in [0.29, 0.717) is 0 Å². The SMILES string of the molecule is CN(C)C(=O)C(F)C(=O)O. The molecule has 1 unspecified atom stereocenters. The Morgan fingerprint density at radius 3 is 2.00 bits per heavy atom. The minimum absolute atomic E-state index is 0.888. The first-order valence-corrected chi connectivity index (χ1v) is 2.55. The molecule has 1 amide bonds. The van der Waals surface area contributed by atoms with Crippen molar-refractivity contribution in [2.45, 2.75) is 6.17 Å². The molecule has 0 aliphatic carbocycles. The van der Waals surface area contributed by atoms with Crippen LogP contribution in [0.2, 0.25) is 0 Å². The van der Waals surface area contributed by atoms with Gasteiger partial charge in [-0.3, -0.25) is 4.79 Å². The van der Waals surface area contributed by atoms with Gasteiger partial charge in [0.25, 0.3) is 12.1 Å². The van der Waals surface area contributed by atoms with Gasteiger partial charge in [-0.1, -0.05) is 0 Å². The summed E-state index contributed by atoms with van der Waals surface area (Å²) in [5.74, 6) is -2.80. The van der Waals surface area contributed by atoms with Crippen molar-refractivity contribution in [3.63, 3.8) is 0 Å². The van der Waals surface area contributed by atoms with E-state index in [1.165, 1.54) is 14.1 Å². The summed E-state index contributed by atoms with van der Waals surface area (Å²) in [6.07, 6.45) is -2.44. The number of hydrogen-bond acceptors (Lipinski definition) is 2. The molecular formula is C5H8FNO3. The fourth-order valence-electron chi connectivity index (χ4n) is 0.332. The van der Waals surface area contributed by atoms with Crippen LogP contribution in [0.25, 0.3) is 0 Å². The molecule has 0 aliphatic heterocycles. The maximum Gasteiger partial charge on any atom is 0.348 e. The van der Waals surface area contributed by atoms with E-state index in [0.717, 1.165) is 4.90 Å². The van der Waals surface area contributed by atoms with Crippen LogP contribution in [0.15, 0.2) is 0 Å². The van der Waals surface area contributed by atoms with Crippen molar-refractivity contribution in [2.24, 2.45) is 0 Å². The number of amides is 1. The van der Waals surface area contributed by atoms with E-state index in [1.54, 1.807) is 0 Å². The van der Waals surface area contributed by atoms with Gasteiger partial charge in [0.1, 0.15) is 0 Å². The van der Waals surface area contributed by atoms with Crippen LogP contribution in [-0.4, -0.2) is 42.1 Å². The third kappa shape index (κ3) is 2.00. The van der Waals surface area contributed by atoms with Crippen LogP contribution in [0.4, 0.5) is 4.39 Å². The smallest absolute Gasteiger partial charge is 0.348 e. The second kappa shape index (κ2) is 3.14. The Hall–Kier alpha value is -1.13. The first-order valence-electron chi connectivity index (χ1n) is 2.55. The highest BCUT2D eigenvalue weighted by molar-refractivity contribution is 5.99. The molecule has 58 valence electrons. The molecule has 0 heterocycles. The van der Waals surface area contributed by atoms with Gasteiger partial charge in [0.2, 0.25) is 0 Å². The van der Waals surface area contributed by atoms with Crippen molar-refractivity contribution < 1.29 is 19.1 Å². The average Bonchev–Trinajstić information content (AvgIpc) is 1.84. The molecule has 0 aromatic carbocycles. The average molecular weight is 149 g/mol. The fraction of sp³-hybridized carbons (Fsp3) is 0.600. The number of carbonyl (C=O) groups excluding carboxylic acids is 1. The molecule has 0 aromatic heterocycles. The van der Waals surface area contributed by atoms with Crippen LogP contribution in [0.1, 0.15) is 0 Å². The number of alkyl halides is 1. The molecule has 0 spiro atoms. The van der Waals surface area contributed by atoms with Gasteiger partial charge in [-0.25, -0.2) is 9.18 Å². The van der Waals surface area contributed by atoms with E-state index in [4.69, 9.17) is 5.11 Å². The van der Waals surface area contributed by atoms with Crippen LogP contribution in [-0.2, 0) is 9.59 Å². The van der Waals surface area contributed by atoms with E-state index < -0.39 is 18.0 Å². The highest BCUT2D eigenvalue weighted by Crippen LogP contribution is 1.94. The third-order valence-corrected chi connectivity index (χ3v) is 0.874. The number of halogens is 1. The molecule has 0 saturated carbocycles. The number of carboxylic acid groups (broad SMARTS) is 1. The van der Waals surface area contributed by atoms with Gasteiger partial charge in [0.05, 0.1) is 0 Å². The molecule has 10 heavy (non-hydrogen) atoms. The van der Waals surface area contributed by atoms with Crippen LogP contribution in [0.3, 0.4) is 0 Å². The second-order valence-electron chi connectivity index (χ2n) is 1.93. The van der Waals surface area contributed by atoms with Gasteiger partial charge in [-0.2, -0.15) is 0 Å². The van der Waals surface area contributed by atoms with Gasteiger partial charge < -0.3 is 10.0 Å². The lowest BCUT2D eigenvalue weighted by Crippen LogP contribution is -2.35. The van der Waals surface area contributed by atoms with Crippen molar-refractivity contribution in [3.8, 4) is 0 Å². The quantitative estimate of drug-likeness (QED) is 0.538. The van der Waals surface area contributed by atoms with Crippen LogP contribution in [0.5, 0.6) is 0 Å². The molecule has 5 heteroatoms. The van der Waals surface area contributed by atoms with Crippen LogP contribution >= 0.6 is 0 Å². The third-order valence-electron chi connectivity index (χ3n) is 0.874. The van der Waals surface area contributed by atoms with Crippen molar-refractivity contribution >= 4 is 11.9 Å². The topological polar surface area (TPSA) is 57.6 Å². The van der Waals surface area contributed by atoms with Gasteiger partial charge in [0, 0.05) is 14.1 Å². The Bertz CT molecular complexity index is 157. The van der Waals surface area contributed by atoms with Crippen LogP contribution < -0.4 is 0 Å². The lowest BCUT2D eigenvalue weighted by molar-refractivity contribution is -0.151. The monoisotopic (exact) mass is 149 g/mol. The van der Waals surface area contributed by atoms with E-state index in [1.807, 2.05) is 0 Å². The van der Waals surface area contributed by atoms with Crippen molar-refractivity contribution in [1.82, 2.24) is 4.90 Å². The Balaban J connectivity index is 4.08. The van der Waals surface area contributed by atoms with Gasteiger partial charge in [-0.15, -0.1) is 0 Å². The normalized spacial score (nSPS) is 12.3. The summed E-state index contributed by atoms with van der Waals surface area (Å²) in [4.78, 5) is 21.2. The zero-order valence-corrected chi connectivity index (χ0v) is 5.67. The number of rotatable bonds is 2. The summed E-state index contributed by atoms with van der Waals surface area (Å²) in [6, 6.07) is 0. The summed E-state index contributed by atoms with van der Waals surface area (Å²) in [5.41, 5.74) is 0. The van der Waals surface area contributed by atoms with Gasteiger partial charge in [-0.05, 0) is 0 Å². The predicted molar refractivity (Wildman–Crippen MR) is 31.2 cm³/mol. The Morgan fingerprint density at radius 2 is 1.90 bits per heavy atom. The minimum atomic E-state index is -2.44. The van der Waals surface area contributed by atoms with Crippen LogP contribution in [0, 0.1) is 0 Å². The molecule has 1 N–H and O–H groups in total. The summed E-state index contributed by atoms with van der Waals surface area (Å²) >= 11 is 0.